The van der Waals surface area contributed by atoms with Gasteiger partial charge in [-0.25, -0.2) is 0 Å². The van der Waals surface area contributed by atoms with Crippen molar-refractivity contribution in [3.63, 3.8) is 0 Å². The van der Waals surface area contributed by atoms with E-state index < -0.39 is 28.3 Å². The number of thioether (sulfide) groups is 1. The number of aliphatic carboxylic acids is 1. The van der Waals surface area contributed by atoms with Crippen LogP contribution in [0.1, 0.15) is 27.2 Å². The van der Waals surface area contributed by atoms with E-state index in [1.807, 2.05) is 0 Å². The van der Waals surface area contributed by atoms with Crippen LogP contribution in [-0.2, 0) is 14.3 Å². The first-order valence-corrected chi connectivity index (χ1v) is 6.09. The Hall–Kier alpha value is -0.750. The Morgan fingerprint density at radius 2 is 2.06 bits per heavy atom. The molecular weight excluding hydrogens is 230 g/mol. The summed E-state index contributed by atoms with van der Waals surface area (Å²) in [5.41, 5.74) is 3.43. The monoisotopic (exact) mass is 247 g/mol. The molecule has 0 amide bonds. The average Bonchev–Trinajstić information content (AvgIpc) is 2.44. The molecule has 1 unspecified atom stereocenters. The summed E-state index contributed by atoms with van der Waals surface area (Å²) in [6.07, 6.45) is 0.225. The number of nitrogens with two attached hydrogens (primary N) is 1. The number of hydrogen-bond acceptors (Lipinski definition) is 5. The van der Waals surface area contributed by atoms with Crippen LogP contribution in [0.5, 0.6) is 0 Å². The third-order valence-electron chi connectivity index (χ3n) is 2.42. The van der Waals surface area contributed by atoms with Crippen molar-refractivity contribution >= 4 is 23.7 Å². The fourth-order valence-electron chi connectivity index (χ4n) is 1.53. The van der Waals surface area contributed by atoms with Crippen molar-refractivity contribution in [3.8, 4) is 0 Å². The number of carboxylic acid groups (broad SMARTS) is 1. The van der Waals surface area contributed by atoms with Crippen LogP contribution >= 0.6 is 11.8 Å². The zero-order chi connectivity index (χ0) is 12.6. The highest BCUT2D eigenvalue weighted by Gasteiger charge is 2.56. The van der Waals surface area contributed by atoms with Crippen LogP contribution < -0.4 is 5.73 Å². The fourth-order valence-corrected chi connectivity index (χ4v) is 2.83. The van der Waals surface area contributed by atoms with Crippen LogP contribution in [0.25, 0.3) is 0 Å². The summed E-state index contributed by atoms with van der Waals surface area (Å²) >= 11 is 1.28. The molecule has 92 valence electrons. The second kappa shape index (κ2) is 4.25. The van der Waals surface area contributed by atoms with E-state index in [-0.39, 0.29) is 6.42 Å². The maximum atomic E-state index is 11.9. The lowest BCUT2D eigenvalue weighted by atomic mass is 9.85. The van der Waals surface area contributed by atoms with Gasteiger partial charge in [0.05, 0.1) is 5.37 Å². The van der Waals surface area contributed by atoms with E-state index in [2.05, 4.69) is 0 Å². The molecule has 16 heavy (non-hydrogen) atoms. The van der Waals surface area contributed by atoms with E-state index in [4.69, 9.17) is 10.5 Å². The maximum Gasteiger partial charge on any atom is 0.326 e. The molecule has 0 aromatic heterocycles. The minimum absolute atomic E-state index is 0.225. The van der Waals surface area contributed by atoms with E-state index in [0.717, 1.165) is 0 Å². The van der Waals surface area contributed by atoms with E-state index in [9.17, 15) is 14.7 Å². The molecule has 1 aliphatic heterocycles. The predicted molar refractivity (Wildman–Crippen MR) is 61.0 cm³/mol. The minimum Gasteiger partial charge on any atom is -0.480 e. The molecule has 6 heteroatoms. The lowest BCUT2D eigenvalue weighted by molar-refractivity contribution is -0.176. The Labute approximate surface area is 98.7 Å². The third kappa shape index (κ3) is 2.32. The molecule has 3 N–H and O–H groups in total. The smallest absolute Gasteiger partial charge is 0.326 e. The van der Waals surface area contributed by atoms with Crippen LogP contribution in [-0.4, -0.2) is 33.8 Å². The summed E-state index contributed by atoms with van der Waals surface area (Å²) < 4.78 is 5.14. The number of carbonyl (C=O) groups excluding carboxylic acids is 1. The van der Waals surface area contributed by atoms with Gasteiger partial charge in [-0.15, -0.1) is 11.8 Å². The number of esters is 1. The van der Waals surface area contributed by atoms with Crippen LogP contribution in [0, 0.1) is 5.41 Å². The van der Waals surface area contributed by atoms with Crippen LogP contribution in [0.15, 0.2) is 0 Å². The Bertz CT molecular complexity index is 312. The van der Waals surface area contributed by atoms with E-state index >= 15 is 0 Å². The van der Waals surface area contributed by atoms with Crippen molar-refractivity contribution in [2.45, 2.75) is 38.2 Å². The van der Waals surface area contributed by atoms with Gasteiger partial charge in [0.25, 0.3) is 0 Å². The standard InChI is InChI=1S/C10H17NO4S/c1-9(2,3)15-8(14)10(7(12)13)4-5-16-6(10)11/h6H,4-5,11H2,1-3H3,(H,12,13)/t6-,10?/m0/s1. The summed E-state index contributed by atoms with van der Waals surface area (Å²) in [4.78, 5) is 23.2. The molecule has 2 atom stereocenters. The second-order valence-electron chi connectivity index (χ2n) is 4.82. The lowest BCUT2D eigenvalue weighted by Gasteiger charge is -2.30. The number of carboxylic acids is 1. The van der Waals surface area contributed by atoms with Gasteiger partial charge in [0.1, 0.15) is 5.60 Å². The molecular formula is C10H17NO4S. The van der Waals surface area contributed by atoms with Crippen molar-refractivity contribution in [1.29, 1.82) is 0 Å². The molecule has 1 rings (SSSR count). The summed E-state index contributed by atoms with van der Waals surface area (Å²) in [5.74, 6) is -1.36. The van der Waals surface area contributed by atoms with Crippen LogP contribution in [0.2, 0.25) is 0 Å². The molecule has 0 aliphatic carbocycles. The quantitative estimate of drug-likeness (QED) is 0.554. The molecule has 0 spiro atoms. The lowest BCUT2D eigenvalue weighted by Crippen LogP contribution is -2.51. The number of ether oxygens (including phenoxy) is 1. The first-order valence-electron chi connectivity index (χ1n) is 5.04. The zero-order valence-electron chi connectivity index (χ0n) is 9.65. The molecule has 0 saturated carbocycles. The molecule has 1 fully saturated rings. The predicted octanol–water partition coefficient (Wildman–Crippen LogP) is 0.821. The topological polar surface area (TPSA) is 89.6 Å². The Kier molecular flexibility index (Phi) is 3.54. The van der Waals surface area contributed by atoms with E-state index in [1.165, 1.54) is 11.8 Å². The van der Waals surface area contributed by atoms with Crippen LogP contribution in [0.4, 0.5) is 0 Å². The molecule has 0 radical (unpaired) electrons. The fraction of sp³-hybridized carbons (Fsp3) is 0.800. The molecule has 1 aliphatic rings. The molecule has 0 aromatic rings. The van der Waals surface area contributed by atoms with Gasteiger partial charge >= 0.3 is 11.9 Å². The van der Waals surface area contributed by atoms with Gasteiger partial charge in [-0.3, -0.25) is 9.59 Å². The normalized spacial score (nSPS) is 30.1. The van der Waals surface area contributed by atoms with Gasteiger partial charge in [-0.1, -0.05) is 0 Å². The summed E-state index contributed by atoms with van der Waals surface area (Å²) in [7, 11) is 0. The maximum absolute atomic E-state index is 11.9. The first-order chi connectivity index (χ1) is 7.20. The molecule has 0 bridgehead atoms. The summed E-state index contributed by atoms with van der Waals surface area (Å²) in [6, 6.07) is 0. The van der Waals surface area contributed by atoms with Gasteiger partial charge in [-0.05, 0) is 32.9 Å². The van der Waals surface area contributed by atoms with Crippen molar-refractivity contribution in [3.05, 3.63) is 0 Å². The summed E-state index contributed by atoms with van der Waals surface area (Å²) in [5, 5.41) is 8.47. The number of carbonyl (C=O) groups is 2. The van der Waals surface area contributed by atoms with Crippen LogP contribution in [0.3, 0.4) is 0 Å². The first kappa shape index (κ1) is 13.3. The van der Waals surface area contributed by atoms with Crippen molar-refractivity contribution in [2.24, 2.45) is 11.1 Å². The molecule has 1 saturated heterocycles. The minimum atomic E-state index is -1.59. The Balaban J connectivity index is 2.95. The van der Waals surface area contributed by atoms with Gasteiger partial charge in [0.15, 0.2) is 5.41 Å². The van der Waals surface area contributed by atoms with Crippen molar-refractivity contribution < 1.29 is 19.4 Å². The molecule has 5 nitrogen and oxygen atoms in total. The van der Waals surface area contributed by atoms with E-state index in [1.54, 1.807) is 20.8 Å². The highest BCUT2D eigenvalue weighted by atomic mass is 32.2. The Morgan fingerprint density at radius 3 is 2.38 bits per heavy atom. The van der Waals surface area contributed by atoms with Crippen molar-refractivity contribution in [2.75, 3.05) is 5.75 Å². The SMILES string of the molecule is CC(C)(C)OC(=O)C1(C(=O)O)CCS[C@@H]1N. The highest BCUT2D eigenvalue weighted by Crippen LogP contribution is 2.42. The Morgan fingerprint density at radius 1 is 1.50 bits per heavy atom. The number of hydrogen-bond donors (Lipinski definition) is 2. The summed E-state index contributed by atoms with van der Waals surface area (Å²) in [6.45, 7) is 5.11. The van der Waals surface area contributed by atoms with Gasteiger partial charge in [-0.2, -0.15) is 0 Å². The largest absolute Gasteiger partial charge is 0.480 e. The van der Waals surface area contributed by atoms with Gasteiger partial charge in [0.2, 0.25) is 0 Å². The van der Waals surface area contributed by atoms with Crippen molar-refractivity contribution in [1.82, 2.24) is 0 Å². The third-order valence-corrected chi connectivity index (χ3v) is 3.63. The highest BCUT2D eigenvalue weighted by molar-refractivity contribution is 8.00. The number of rotatable bonds is 2. The average molecular weight is 247 g/mol. The second-order valence-corrected chi connectivity index (χ2v) is 6.07. The van der Waals surface area contributed by atoms with Gasteiger partial charge < -0.3 is 15.6 Å². The molecule has 1 heterocycles. The van der Waals surface area contributed by atoms with E-state index in [0.29, 0.717) is 5.75 Å². The molecule has 0 aromatic carbocycles. The van der Waals surface area contributed by atoms with Gasteiger partial charge in [0, 0.05) is 0 Å². The zero-order valence-corrected chi connectivity index (χ0v) is 10.5.